The van der Waals surface area contributed by atoms with Crippen LogP contribution < -0.4 is 0 Å². The van der Waals surface area contributed by atoms with Gasteiger partial charge in [-0.1, -0.05) is 91.0 Å². The molecule has 4 rings (SSSR count). The average molecular weight is 463 g/mol. The molecule has 0 aromatic heterocycles. The molecule has 0 unspecified atom stereocenters. The standard InChI is InChI=1S/C28H30O6/c1-30-25-24(20-31-17-21-11-5-2-6-12-21)34-28(29)27(33-19-23-15-9-4-10-16-23)26(25)32-18-22-13-7-3-8-14-22/h2-16,24-27H,17-20H2,1H3/t24-,25-,26+,27-/m1/s1. The van der Waals surface area contributed by atoms with Crippen molar-refractivity contribution in [3.63, 3.8) is 0 Å². The van der Waals surface area contributed by atoms with Crippen molar-refractivity contribution in [3.05, 3.63) is 108 Å². The number of hydrogen-bond acceptors (Lipinski definition) is 6. The molecule has 1 saturated heterocycles. The second kappa shape index (κ2) is 12.4. The third-order valence-corrected chi connectivity index (χ3v) is 5.71. The van der Waals surface area contributed by atoms with E-state index in [1.165, 1.54) is 0 Å². The molecule has 1 heterocycles. The molecular formula is C28H30O6. The van der Waals surface area contributed by atoms with Gasteiger partial charge in [-0.15, -0.1) is 0 Å². The smallest absolute Gasteiger partial charge is 0.338 e. The van der Waals surface area contributed by atoms with Gasteiger partial charge in [-0.2, -0.15) is 0 Å². The molecule has 6 nitrogen and oxygen atoms in total. The zero-order valence-corrected chi connectivity index (χ0v) is 19.2. The molecule has 0 aliphatic carbocycles. The molecule has 3 aromatic rings. The van der Waals surface area contributed by atoms with Gasteiger partial charge in [-0.05, 0) is 16.7 Å². The Balaban J connectivity index is 1.45. The molecule has 34 heavy (non-hydrogen) atoms. The van der Waals surface area contributed by atoms with Crippen LogP contribution in [0.2, 0.25) is 0 Å². The first-order valence-electron chi connectivity index (χ1n) is 11.4. The van der Waals surface area contributed by atoms with E-state index >= 15 is 0 Å². The predicted molar refractivity (Wildman–Crippen MR) is 127 cm³/mol. The molecule has 1 aliphatic rings. The normalized spacial score (nSPS) is 22.3. The SMILES string of the molecule is CO[C@H]1[C@H](OCc2ccccc2)[C@@H](OCc2ccccc2)C(=O)O[C@@H]1COCc1ccccc1. The van der Waals surface area contributed by atoms with E-state index in [0.29, 0.717) is 13.2 Å². The predicted octanol–water partition coefficient (Wildman–Crippen LogP) is 4.31. The summed E-state index contributed by atoms with van der Waals surface area (Å²) in [5.74, 6) is -0.476. The van der Waals surface area contributed by atoms with Crippen molar-refractivity contribution in [1.82, 2.24) is 0 Å². The second-order valence-corrected chi connectivity index (χ2v) is 8.15. The first-order valence-corrected chi connectivity index (χ1v) is 11.4. The Morgan fingerprint density at radius 3 is 1.71 bits per heavy atom. The number of rotatable bonds is 11. The van der Waals surface area contributed by atoms with Crippen LogP contribution in [-0.4, -0.2) is 44.1 Å². The highest BCUT2D eigenvalue weighted by Crippen LogP contribution is 2.26. The van der Waals surface area contributed by atoms with E-state index in [-0.39, 0.29) is 13.2 Å². The van der Waals surface area contributed by atoms with Gasteiger partial charge in [-0.25, -0.2) is 4.79 Å². The number of methoxy groups -OCH3 is 1. The summed E-state index contributed by atoms with van der Waals surface area (Å²) in [6, 6.07) is 29.3. The molecule has 1 aliphatic heterocycles. The Morgan fingerprint density at radius 2 is 1.18 bits per heavy atom. The minimum atomic E-state index is -0.917. The fourth-order valence-corrected chi connectivity index (χ4v) is 3.96. The van der Waals surface area contributed by atoms with E-state index in [1.807, 2.05) is 91.0 Å². The van der Waals surface area contributed by atoms with Crippen LogP contribution in [0.5, 0.6) is 0 Å². The Morgan fingerprint density at radius 1 is 0.676 bits per heavy atom. The zero-order chi connectivity index (χ0) is 23.6. The summed E-state index contributed by atoms with van der Waals surface area (Å²) < 4.78 is 29.6. The first kappa shape index (κ1) is 24.1. The van der Waals surface area contributed by atoms with E-state index in [4.69, 9.17) is 23.7 Å². The molecule has 6 heteroatoms. The lowest BCUT2D eigenvalue weighted by Gasteiger charge is -2.40. The minimum Gasteiger partial charge on any atom is -0.455 e. The second-order valence-electron chi connectivity index (χ2n) is 8.15. The Bertz CT molecular complexity index is 995. The quantitative estimate of drug-likeness (QED) is 0.396. The third kappa shape index (κ3) is 6.52. The number of ether oxygens (including phenoxy) is 5. The van der Waals surface area contributed by atoms with Crippen LogP contribution in [0, 0.1) is 0 Å². The molecule has 0 amide bonds. The van der Waals surface area contributed by atoms with Gasteiger partial charge in [-0.3, -0.25) is 0 Å². The molecule has 0 N–H and O–H groups in total. The fraction of sp³-hybridized carbons (Fsp3) is 0.321. The van der Waals surface area contributed by atoms with Crippen molar-refractivity contribution in [2.45, 2.75) is 44.2 Å². The van der Waals surface area contributed by atoms with E-state index in [9.17, 15) is 4.79 Å². The molecule has 4 atom stereocenters. The minimum absolute atomic E-state index is 0.190. The molecule has 0 spiro atoms. The first-order chi connectivity index (χ1) is 16.7. The summed E-state index contributed by atoms with van der Waals surface area (Å²) in [4.78, 5) is 13.0. The molecule has 1 fully saturated rings. The van der Waals surface area contributed by atoms with Crippen LogP contribution in [0.4, 0.5) is 0 Å². The number of hydrogen-bond donors (Lipinski definition) is 0. The maximum Gasteiger partial charge on any atom is 0.338 e. The number of carbonyl (C=O) groups excluding carboxylic acids is 1. The number of esters is 1. The van der Waals surface area contributed by atoms with Crippen LogP contribution in [0.1, 0.15) is 16.7 Å². The van der Waals surface area contributed by atoms with Gasteiger partial charge in [0.2, 0.25) is 0 Å². The highest BCUT2D eigenvalue weighted by molar-refractivity contribution is 5.77. The molecule has 0 bridgehead atoms. The maximum absolute atomic E-state index is 13.0. The van der Waals surface area contributed by atoms with E-state index in [0.717, 1.165) is 16.7 Å². The topological polar surface area (TPSA) is 63.2 Å². The van der Waals surface area contributed by atoms with Gasteiger partial charge in [0.15, 0.2) is 12.2 Å². The van der Waals surface area contributed by atoms with E-state index in [1.54, 1.807) is 7.11 Å². The number of cyclic esters (lactones) is 1. The van der Waals surface area contributed by atoms with Gasteiger partial charge in [0.05, 0.1) is 26.4 Å². The monoisotopic (exact) mass is 462 g/mol. The summed E-state index contributed by atoms with van der Waals surface area (Å²) in [6.45, 7) is 1.18. The number of carbonyl (C=O) groups is 1. The third-order valence-electron chi connectivity index (χ3n) is 5.71. The average Bonchev–Trinajstić information content (AvgIpc) is 2.88. The summed E-state index contributed by atoms with van der Waals surface area (Å²) in [5.41, 5.74) is 2.99. The number of benzene rings is 3. The lowest BCUT2D eigenvalue weighted by molar-refractivity contribution is -0.232. The van der Waals surface area contributed by atoms with Gasteiger partial charge in [0.1, 0.15) is 12.2 Å². The van der Waals surface area contributed by atoms with Crippen molar-refractivity contribution in [1.29, 1.82) is 0 Å². The van der Waals surface area contributed by atoms with Gasteiger partial charge < -0.3 is 23.7 Å². The van der Waals surface area contributed by atoms with E-state index in [2.05, 4.69) is 0 Å². The van der Waals surface area contributed by atoms with Crippen LogP contribution in [0.15, 0.2) is 91.0 Å². The highest BCUT2D eigenvalue weighted by atomic mass is 16.6. The van der Waals surface area contributed by atoms with Crippen LogP contribution in [0.3, 0.4) is 0 Å². The Hall–Kier alpha value is -3.03. The van der Waals surface area contributed by atoms with Crippen LogP contribution in [-0.2, 0) is 48.3 Å². The van der Waals surface area contributed by atoms with E-state index < -0.39 is 30.4 Å². The maximum atomic E-state index is 13.0. The van der Waals surface area contributed by atoms with Crippen molar-refractivity contribution >= 4 is 5.97 Å². The van der Waals surface area contributed by atoms with Crippen molar-refractivity contribution < 1.29 is 28.5 Å². The Labute approximate surface area is 200 Å². The zero-order valence-electron chi connectivity index (χ0n) is 19.2. The van der Waals surface area contributed by atoms with Crippen molar-refractivity contribution in [2.24, 2.45) is 0 Å². The Kier molecular flexibility index (Phi) is 8.82. The van der Waals surface area contributed by atoms with Gasteiger partial charge in [0, 0.05) is 7.11 Å². The lowest BCUT2D eigenvalue weighted by atomic mass is 9.99. The highest BCUT2D eigenvalue weighted by Gasteiger charge is 2.48. The fourth-order valence-electron chi connectivity index (χ4n) is 3.96. The van der Waals surface area contributed by atoms with Crippen molar-refractivity contribution in [2.75, 3.05) is 13.7 Å². The largest absolute Gasteiger partial charge is 0.455 e. The molecule has 178 valence electrons. The molecule has 0 radical (unpaired) electrons. The molecular weight excluding hydrogens is 432 g/mol. The molecule has 0 saturated carbocycles. The summed E-state index contributed by atoms with van der Waals surface area (Å²) >= 11 is 0. The van der Waals surface area contributed by atoms with Crippen LogP contribution in [0.25, 0.3) is 0 Å². The summed E-state index contributed by atoms with van der Waals surface area (Å²) in [6.07, 6.45) is -2.73. The summed E-state index contributed by atoms with van der Waals surface area (Å²) in [7, 11) is 1.58. The summed E-state index contributed by atoms with van der Waals surface area (Å²) in [5, 5.41) is 0. The molecule has 3 aromatic carbocycles. The van der Waals surface area contributed by atoms with Gasteiger partial charge in [0.25, 0.3) is 0 Å². The van der Waals surface area contributed by atoms with Crippen molar-refractivity contribution in [3.8, 4) is 0 Å². The van der Waals surface area contributed by atoms with Gasteiger partial charge >= 0.3 is 5.97 Å². The lowest BCUT2D eigenvalue weighted by Crippen LogP contribution is -2.59. The van der Waals surface area contributed by atoms with Crippen LogP contribution >= 0.6 is 0 Å².